The number of benzene rings is 2. The minimum Gasteiger partial charge on any atom is -0.490 e. The van der Waals surface area contributed by atoms with Gasteiger partial charge in [0.15, 0.2) is 0 Å². The highest BCUT2D eigenvalue weighted by atomic mass is 35.5. The van der Waals surface area contributed by atoms with Gasteiger partial charge < -0.3 is 10.1 Å². The molecule has 1 atom stereocenters. The summed E-state index contributed by atoms with van der Waals surface area (Å²) < 4.78 is 7.59. The SMILES string of the molecule is O=C1CCC(n2cc(-c3csc(CC(=O)Nc4ccc(CN5CCC(Oc6ccc(Cl)cc6)CC5)cc4)c3)nn2)C(=O)N1. The molecule has 2 fully saturated rings. The molecule has 2 saturated heterocycles. The molecule has 0 aliphatic carbocycles. The number of piperidine rings is 2. The average molecular weight is 619 g/mol. The molecule has 2 N–H and O–H groups in total. The van der Waals surface area contributed by atoms with Crippen LogP contribution in [0.5, 0.6) is 5.75 Å². The maximum atomic E-state index is 12.7. The van der Waals surface area contributed by atoms with Crippen molar-refractivity contribution in [2.45, 2.75) is 50.8 Å². The van der Waals surface area contributed by atoms with E-state index in [1.165, 1.54) is 21.6 Å². The molecule has 10 nitrogen and oxygen atoms in total. The van der Waals surface area contributed by atoms with E-state index in [1.807, 2.05) is 47.8 Å². The quantitative estimate of drug-likeness (QED) is 0.257. The number of carbonyl (C=O) groups excluding carboxylic acids is 3. The first-order valence-electron chi connectivity index (χ1n) is 14.2. The van der Waals surface area contributed by atoms with E-state index in [4.69, 9.17) is 16.3 Å². The van der Waals surface area contributed by atoms with Crippen molar-refractivity contribution in [3.63, 3.8) is 0 Å². The summed E-state index contributed by atoms with van der Waals surface area (Å²) in [4.78, 5) is 39.6. The average Bonchev–Trinajstić information content (AvgIpc) is 3.66. The molecule has 12 heteroatoms. The van der Waals surface area contributed by atoms with Crippen molar-refractivity contribution in [1.29, 1.82) is 0 Å². The molecule has 2 aliphatic rings. The molecule has 222 valence electrons. The van der Waals surface area contributed by atoms with E-state index < -0.39 is 6.04 Å². The lowest BCUT2D eigenvalue weighted by atomic mass is 10.1. The first-order chi connectivity index (χ1) is 20.9. The smallest absolute Gasteiger partial charge is 0.251 e. The van der Waals surface area contributed by atoms with E-state index in [2.05, 4.69) is 38.0 Å². The summed E-state index contributed by atoms with van der Waals surface area (Å²) in [6.07, 6.45) is 4.75. The highest BCUT2D eigenvalue weighted by Gasteiger charge is 2.29. The second-order valence-corrected chi connectivity index (χ2v) is 12.3. The monoisotopic (exact) mass is 618 g/mol. The van der Waals surface area contributed by atoms with Gasteiger partial charge >= 0.3 is 0 Å². The lowest BCUT2D eigenvalue weighted by Gasteiger charge is -2.32. The van der Waals surface area contributed by atoms with Gasteiger partial charge in [-0.25, -0.2) is 4.68 Å². The number of hydrogen-bond acceptors (Lipinski definition) is 8. The van der Waals surface area contributed by atoms with Crippen molar-refractivity contribution in [2.24, 2.45) is 0 Å². The summed E-state index contributed by atoms with van der Waals surface area (Å²) in [6.45, 7) is 2.79. The number of nitrogens with one attached hydrogen (secondary N) is 2. The largest absolute Gasteiger partial charge is 0.490 e. The Morgan fingerprint density at radius 2 is 1.84 bits per heavy atom. The summed E-state index contributed by atoms with van der Waals surface area (Å²) in [7, 11) is 0. The van der Waals surface area contributed by atoms with Gasteiger partial charge in [-0.15, -0.1) is 16.4 Å². The Balaban J connectivity index is 0.954. The summed E-state index contributed by atoms with van der Waals surface area (Å²) in [5.74, 6) is 0.114. The van der Waals surface area contributed by atoms with Gasteiger partial charge in [-0.1, -0.05) is 28.9 Å². The molecule has 4 heterocycles. The van der Waals surface area contributed by atoms with Crippen molar-refractivity contribution in [1.82, 2.24) is 25.2 Å². The molecule has 0 saturated carbocycles. The number of imide groups is 1. The Bertz CT molecular complexity index is 1590. The van der Waals surface area contributed by atoms with E-state index in [1.54, 1.807) is 6.20 Å². The zero-order valence-electron chi connectivity index (χ0n) is 23.4. The first kappa shape index (κ1) is 29.0. The molecule has 0 radical (unpaired) electrons. The maximum Gasteiger partial charge on any atom is 0.251 e. The summed E-state index contributed by atoms with van der Waals surface area (Å²) in [5.41, 5.74) is 3.40. The Morgan fingerprint density at radius 3 is 2.58 bits per heavy atom. The van der Waals surface area contributed by atoms with Gasteiger partial charge in [0.2, 0.25) is 11.8 Å². The van der Waals surface area contributed by atoms with Crippen molar-refractivity contribution in [3.8, 4) is 17.0 Å². The predicted molar refractivity (Wildman–Crippen MR) is 164 cm³/mol. The number of carbonyl (C=O) groups is 3. The number of hydrogen-bond donors (Lipinski definition) is 2. The molecule has 2 aromatic heterocycles. The van der Waals surface area contributed by atoms with E-state index in [-0.39, 0.29) is 36.7 Å². The van der Waals surface area contributed by atoms with Crippen molar-refractivity contribution < 1.29 is 19.1 Å². The van der Waals surface area contributed by atoms with Crippen LogP contribution in [0.2, 0.25) is 5.02 Å². The van der Waals surface area contributed by atoms with E-state index in [9.17, 15) is 14.4 Å². The standard InChI is InChI=1S/C31H31ClN6O4S/c32-22-3-7-24(8-4-22)42-25-11-13-37(14-12-25)17-20-1-5-23(6-2-20)33-30(40)16-26-15-21(19-43-26)27-18-38(36-35-27)28-9-10-29(39)34-31(28)41/h1-8,15,18-19,25,28H,9-14,16-17H2,(H,33,40)(H,34,39,41). The van der Waals surface area contributed by atoms with Gasteiger partial charge in [-0.3, -0.25) is 24.6 Å². The third-order valence-electron chi connectivity index (χ3n) is 7.62. The highest BCUT2D eigenvalue weighted by Crippen LogP contribution is 2.27. The van der Waals surface area contributed by atoms with Crippen LogP contribution in [0, 0.1) is 0 Å². The number of anilines is 1. The number of amides is 3. The van der Waals surface area contributed by atoms with Gasteiger partial charge in [0, 0.05) is 52.6 Å². The topological polar surface area (TPSA) is 118 Å². The third kappa shape index (κ3) is 7.48. The molecule has 2 aromatic carbocycles. The summed E-state index contributed by atoms with van der Waals surface area (Å²) in [5, 5.41) is 16.2. The van der Waals surface area contributed by atoms with Crippen LogP contribution < -0.4 is 15.4 Å². The molecule has 0 bridgehead atoms. The Kier molecular flexibility index (Phi) is 8.82. The number of ether oxygens (including phenoxy) is 1. The zero-order valence-corrected chi connectivity index (χ0v) is 24.9. The fourth-order valence-corrected chi connectivity index (χ4v) is 6.31. The minimum atomic E-state index is -0.554. The van der Waals surface area contributed by atoms with Crippen LogP contribution in [0.25, 0.3) is 11.3 Å². The van der Waals surface area contributed by atoms with Crippen molar-refractivity contribution in [2.75, 3.05) is 18.4 Å². The zero-order chi connectivity index (χ0) is 29.8. The number of halogens is 1. The van der Waals surface area contributed by atoms with Gasteiger partial charge in [0.1, 0.15) is 23.6 Å². The summed E-state index contributed by atoms with van der Waals surface area (Å²) in [6, 6.07) is 16.9. The van der Waals surface area contributed by atoms with Gasteiger partial charge in [-0.2, -0.15) is 0 Å². The normalized spacial score (nSPS) is 17.9. The van der Waals surface area contributed by atoms with Crippen molar-refractivity contribution >= 4 is 46.3 Å². The van der Waals surface area contributed by atoms with Crippen LogP contribution in [-0.4, -0.2) is 56.8 Å². The molecule has 2 aliphatic heterocycles. The number of aromatic nitrogens is 3. The van der Waals surface area contributed by atoms with Crippen LogP contribution in [0.3, 0.4) is 0 Å². The molecule has 6 rings (SSSR count). The Hall–Kier alpha value is -4.06. The number of thiophene rings is 1. The van der Waals surface area contributed by atoms with E-state index in [0.717, 1.165) is 54.4 Å². The first-order valence-corrected chi connectivity index (χ1v) is 15.5. The molecule has 4 aromatic rings. The fourth-order valence-electron chi connectivity index (χ4n) is 5.31. The van der Waals surface area contributed by atoms with Gasteiger partial charge in [0.05, 0.1) is 12.6 Å². The second-order valence-electron chi connectivity index (χ2n) is 10.8. The Morgan fingerprint density at radius 1 is 1.07 bits per heavy atom. The second kappa shape index (κ2) is 13.1. The minimum absolute atomic E-state index is 0.101. The molecule has 43 heavy (non-hydrogen) atoms. The van der Waals surface area contributed by atoms with Gasteiger partial charge in [-0.05, 0) is 67.3 Å². The number of nitrogens with zero attached hydrogens (tertiary/aromatic N) is 4. The maximum absolute atomic E-state index is 12.7. The molecule has 3 amide bonds. The lowest BCUT2D eigenvalue weighted by molar-refractivity contribution is -0.136. The van der Waals surface area contributed by atoms with Gasteiger partial charge in [0.25, 0.3) is 5.91 Å². The number of likely N-dealkylation sites (tertiary alicyclic amines) is 1. The fraction of sp³-hybridized carbons (Fsp3) is 0.323. The highest BCUT2D eigenvalue weighted by molar-refractivity contribution is 7.10. The summed E-state index contributed by atoms with van der Waals surface area (Å²) >= 11 is 7.43. The van der Waals surface area contributed by atoms with Crippen LogP contribution in [0.1, 0.15) is 42.2 Å². The molecular weight excluding hydrogens is 588 g/mol. The van der Waals surface area contributed by atoms with Crippen LogP contribution >= 0.6 is 22.9 Å². The lowest BCUT2D eigenvalue weighted by Crippen LogP contribution is -2.41. The number of rotatable bonds is 9. The molecule has 1 unspecified atom stereocenters. The van der Waals surface area contributed by atoms with Crippen LogP contribution in [0.4, 0.5) is 5.69 Å². The Labute approximate surface area is 258 Å². The van der Waals surface area contributed by atoms with Crippen LogP contribution in [-0.2, 0) is 27.3 Å². The van der Waals surface area contributed by atoms with Crippen molar-refractivity contribution in [3.05, 3.63) is 81.6 Å². The van der Waals surface area contributed by atoms with Crippen LogP contribution in [0.15, 0.2) is 66.2 Å². The van der Waals surface area contributed by atoms with E-state index in [0.29, 0.717) is 17.1 Å². The predicted octanol–water partition coefficient (Wildman–Crippen LogP) is 4.86. The van der Waals surface area contributed by atoms with E-state index >= 15 is 0 Å². The molecular formula is C31H31ClN6O4S. The molecule has 0 spiro atoms. The third-order valence-corrected chi connectivity index (χ3v) is 8.81.